The van der Waals surface area contributed by atoms with Gasteiger partial charge in [-0.05, 0) is 46.9 Å². The largest absolute Gasteiger partial charge is 0.481 e. The summed E-state index contributed by atoms with van der Waals surface area (Å²) < 4.78 is 1.91. The smallest absolute Gasteiger partial charge is 0.313 e. The number of hydrogen-bond donors (Lipinski definition) is 1. The van der Waals surface area contributed by atoms with Crippen LogP contribution in [0.2, 0.25) is 0 Å². The number of aliphatic carboxylic acids is 1. The SMILES string of the molecule is O=C(O)CSCC(=O)N1C[C@H]2C[C@H](C1)c1ccc(-c3ccc4ccccc4c3)c(=O)n1C2. The van der Waals surface area contributed by atoms with Gasteiger partial charge < -0.3 is 14.6 Å². The molecule has 32 heavy (non-hydrogen) atoms. The van der Waals surface area contributed by atoms with Crippen molar-refractivity contribution >= 4 is 34.4 Å². The van der Waals surface area contributed by atoms with Crippen molar-refractivity contribution in [2.45, 2.75) is 18.9 Å². The lowest BCUT2D eigenvalue weighted by Gasteiger charge is -2.43. The van der Waals surface area contributed by atoms with Crippen LogP contribution in [0.1, 0.15) is 18.0 Å². The molecule has 5 rings (SSSR count). The molecule has 3 aromatic rings. The molecule has 1 aromatic heterocycles. The molecular weight excluding hydrogens is 424 g/mol. The van der Waals surface area contributed by atoms with E-state index in [0.29, 0.717) is 25.2 Å². The molecule has 164 valence electrons. The van der Waals surface area contributed by atoms with Crippen molar-refractivity contribution in [1.82, 2.24) is 9.47 Å². The fraction of sp³-hybridized carbons (Fsp3) is 0.320. The highest BCUT2D eigenvalue weighted by Gasteiger charge is 2.36. The van der Waals surface area contributed by atoms with Crippen LogP contribution in [0.5, 0.6) is 0 Å². The Morgan fingerprint density at radius 1 is 0.969 bits per heavy atom. The van der Waals surface area contributed by atoms with Crippen LogP contribution in [0.25, 0.3) is 21.9 Å². The predicted octanol–water partition coefficient (Wildman–Crippen LogP) is 3.43. The van der Waals surface area contributed by atoms with Crippen molar-refractivity contribution in [1.29, 1.82) is 0 Å². The van der Waals surface area contributed by atoms with Crippen LogP contribution in [0.3, 0.4) is 0 Å². The molecule has 0 spiro atoms. The zero-order valence-corrected chi connectivity index (χ0v) is 18.4. The number of carboxylic acids is 1. The highest BCUT2D eigenvalue weighted by Crippen LogP contribution is 2.36. The van der Waals surface area contributed by atoms with Crippen molar-refractivity contribution in [3.8, 4) is 11.1 Å². The summed E-state index contributed by atoms with van der Waals surface area (Å²) >= 11 is 1.13. The van der Waals surface area contributed by atoms with E-state index in [2.05, 4.69) is 24.3 Å². The number of thioether (sulfide) groups is 1. The molecular formula is C25H24N2O4S. The van der Waals surface area contributed by atoms with E-state index in [-0.39, 0.29) is 34.8 Å². The second-order valence-electron chi connectivity index (χ2n) is 8.63. The zero-order valence-electron chi connectivity index (χ0n) is 17.6. The quantitative estimate of drug-likeness (QED) is 0.647. The summed E-state index contributed by atoms with van der Waals surface area (Å²) in [7, 11) is 0. The topological polar surface area (TPSA) is 79.6 Å². The van der Waals surface area contributed by atoms with Crippen molar-refractivity contribution in [3.05, 3.63) is 70.6 Å². The van der Waals surface area contributed by atoms with Gasteiger partial charge in [-0.15, -0.1) is 11.8 Å². The molecule has 2 bridgehead atoms. The highest BCUT2D eigenvalue weighted by atomic mass is 32.2. The third-order valence-electron chi connectivity index (χ3n) is 6.47. The molecule has 1 fully saturated rings. The van der Waals surface area contributed by atoms with E-state index in [4.69, 9.17) is 5.11 Å². The highest BCUT2D eigenvalue weighted by molar-refractivity contribution is 8.00. The number of hydrogen-bond acceptors (Lipinski definition) is 4. The number of carboxylic acid groups (broad SMARTS) is 1. The average Bonchev–Trinajstić information content (AvgIpc) is 2.79. The minimum atomic E-state index is -0.908. The normalized spacial score (nSPS) is 19.6. The van der Waals surface area contributed by atoms with Gasteiger partial charge >= 0.3 is 5.97 Å². The minimum Gasteiger partial charge on any atom is -0.481 e. The number of nitrogens with zero attached hydrogens (tertiary/aromatic N) is 2. The Hall–Kier alpha value is -3.06. The fourth-order valence-electron chi connectivity index (χ4n) is 5.04. The van der Waals surface area contributed by atoms with E-state index in [0.717, 1.165) is 40.2 Å². The number of aromatic nitrogens is 1. The maximum absolute atomic E-state index is 13.4. The standard InChI is InChI=1S/C25H24N2O4S/c28-23(14-32-15-24(29)30)26-11-16-9-20(13-26)22-8-7-21(25(31)27(22)12-16)19-6-5-17-3-1-2-4-18(17)10-19/h1-8,10,16,20H,9,11-15H2,(H,29,30)/t16-,20-/m1/s1. The van der Waals surface area contributed by atoms with Crippen LogP contribution in [0, 0.1) is 5.92 Å². The molecule has 2 atom stereocenters. The van der Waals surface area contributed by atoms with Crippen molar-refractivity contribution in [3.63, 3.8) is 0 Å². The van der Waals surface area contributed by atoms with Gasteiger partial charge in [0, 0.05) is 36.8 Å². The van der Waals surface area contributed by atoms with Gasteiger partial charge in [-0.3, -0.25) is 14.4 Å². The molecule has 2 aromatic carbocycles. The molecule has 6 nitrogen and oxygen atoms in total. The molecule has 2 aliphatic heterocycles. The summed E-state index contributed by atoms with van der Waals surface area (Å²) in [5, 5.41) is 11.0. The molecule has 1 amide bonds. The van der Waals surface area contributed by atoms with E-state index in [1.165, 1.54) is 0 Å². The second kappa shape index (κ2) is 8.47. The number of amides is 1. The van der Waals surface area contributed by atoms with E-state index < -0.39 is 5.97 Å². The summed E-state index contributed by atoms with van der Waals surface area (Å²) in [5.74, 6) is -0.446. The molecule has 0 aliphatic carbocycles. The number of piperidine rings is 1. The minimum absolute atomic E-state index is 0.0190. The number of carbonyl (C=O) groups is 2. The summed E-state index contributed by atoms with van der Waals surface area (Å²) in [4.78, 5) is 38.6. The average molecular weight is 449 g/mol. The van der Waals surface area contributed by atoms with Gasteiger partial charge in [-0.2, -0.15) is 0 Å². The van der Waals surface area contributed by atoms with E-state index in [1.54, 1.807) is 0 Å². The van der Waals surface area contributed by atoms with E-state index in [9.17, 15) is 14.4 Å². The molecule has 0 unspecified atom stereocenters. The number of fused-ring (bicyclic) bond motifs is 5. The number of pyridine rings is 1. The van der Waals surface area contributed by atoms with Crippen molar-refractivity contribution < 1.29 is 14.7 Å². The first-order valence-electron chi connectivity index (χ1n) is 10.8. The number of carbonyl (C=O) groups excluding carboxylic acids is 1. The monoisotopic (exact) mass is 448 g/mol. The maximum Gasteiger partial charge on any atom is 0.313 e. The van der Waals surface area contributed by atoms with Crippen LogP contribution >= 0.6 is 11.8 Å². The number of rotatable bonds is 5. The van der Waals surface area contributed by atoms with Gasteiger partial charge in [0.2, 0.25) is 5.91 Å². The maximum atomic E-state index is 13.4. The Labute approximate surface area is 189 Å². The van der Waals surface area contributed by atoms with Crippen molar-refractivity contribution in [2.75, 3.05) is 24.6 Å². The first-order valence-corrected chi connectivity index (χ1v) is 12.0. The van der Waals surface area contributed by atoms with Gasteiger partial charge in [-0.25, -0.2) is 0 Å². The zero-order chi connectivity index (χ0) is 22.2. The Balaban J connectivity index is 1.40. The summed E-state index contributed by atoms with van der Waals surface area (Å²) in [6.07, 6.45) is 0.973. The lowest BCUT2D eigenvalue weighted by molar-refractivity contribution is -0.133. The third-order valence-corrected chi connectivity index (χ3v) is 7.37. The molecule has 2 aliphatic rings. The summed E-state index contributed by atoms with van der Waals surface area (Å²) in [6, 6.07) is 18.2. The summed E-state index contributed by atoms with van der Waals surface area (Å²) in [5.41, 5.74) is 2.65. The van der Waals surface area contributed by atoms with Crippen LogP contribution < -0.4 is 5.56 Å². The lowest BCUT2D eigenvalue weighted by atomic mass is 9.82. The van der Waals surface area contributed by atoms with Crippen LogP contribution in [0.15, 0.2) is 59.4 Å². The predicted molar refractivity (Wildman–Crippen MR) is 126 cm³/mol. The Bertz CT molecular complexity index is 1270. The first kappa shape index (κ1) is 20.8. The van der Waals surface area contributed by atoms with Gasteiger partial charge in [-0.1, -0.05) is 36.4 Å². The Morgan fingerprint density at radius 2 is 1.78 bits per heavy atom. The Kier molecular flexibility index (Phi) is 5.51. The van der Waals surface area contributed by atoms with E-state index in [1.807, 2.05) is 39.8 Å². The molecule has 0 saturated carbocycles. The molecule has 3 heterocycles. The third kappa shape index (κ3) is 3.93. The van der Waals surface area contributed by atoms with E-state index >= 15 is 0 Å². The Morgan fingerprint density at radius 3 is 2.59 bits per heavy atom. The van der Waals surface area contributed by atoms with Crippen LogP contribution in [-0.2, 0) is 16.1 Å². The van der Waals surface area contributed by atoms with Gasteiger partial charge in [0.25, 0.3) is 5.56 Å². The first-order chi connectivity index (χ1) is 15.5. The molecule has 1 saturated heterocycles. The lowest BCUT2D eigenvalue weighted by Crippen LogP contribution is -2.49. The van der Waals surface area contributed by atoms with Gasteiger partial charge in [0.15, 0.2) is 0 Å². The van der Waals surface area contributed by atoms with Crippen molar-refractivity contribution in [2.24, 2.45) is 5.92 Å². The van der Waals surface area contributed by atoms with Gasteiger partial charge in [0.1, 0.15) is 0 Å². The molecule has 1 N–H and O–H groups in total. The second-order valence-corrected chi connectivity index (χ2v) is 9.62. The van der Waals surface area contributed by atoms with Crippen LogP contribution in [-0.4, -0.2) is 51.0 Å². The molecule has 7 heteroatoms. The van der Waals surface area contributed by atoms with Gasteiger partial charge in [0.05, 0.1) is 11.5 Å². The number of likely N-dealkylation sites (tertiary alicyclic amines) is 1. The summed E-state index contributed by atoms with van der Waals surface area (Å²) in [6.45, 7) is 1.81. The van der Waals surface area contributed by atoms with Crippen LogP contribution in [0.4, 0.5) is 0 Å². The number of benzene rings is 2. The fourth-order valence-corrected chi connectivity index (χ4v) is 5.68. The molecule has 0 radical (unpaired) electrons.